The summed E-state index contributed by atoms with van der Waals surface area (Å²) in [5.74, 6) is -0.223. The molecule has 0 aromatic heterocycles. The summed E-state index contributed by atoms with van der Waals surface area (Å²) < 4.78 is 5.28. The van der Waals surface area contributed by atoms with Gasteiger partial charge in [-0.3, -0.25) is 9.59 Å². The van der Waals surface area contributed by atoms with Crippen LogP contribution in [0.2, 0.25) is 0 Å². The van der Waals surface area contributed by atoms with Crippen LogP contribution in [0.3, 0.4) is 0 Å². The van der Waals surface area contributed by atoms with Gasteiger partial charge in [-0.25, -0.2) is 0 Å². The highest BCUT2D eigenvalue weighted by atomic mass is 16.5. The van der Waals surface area contributed by atoms with Crippen LogP contribution in [0, 0.1) is 32.6 Å². The van der Waals surface area contributed by atoms with E-state index < -0.39 is 0 Å². The number of methoxy groups -OCH3 is 1. The van der Waals surface area contributed by atoms with E-state index in [1.807, 2.05) is 57.2 Å². The first-order valence-electron chi connectivity index (χ1n) is 8.72. The highest BCUT2D eigenvalue weighted by molar-refractivity contribution is 6.03. The zero-order chi connectivity index (χ0) is 18.8. The molecule has 2 amide bonds. The third kappa shape index (κ3) is 3.87. The molecule has 1 fully saturated rings. The number of hydrogen-bond acceptors (Lipinski definition) is 3. The van der Waals surface area contributed by atoms with Gasteiger partial charge in [0.2, 0.25) is 11.8 Å². The summed E-state index contributed by atoms with van der Waals surface area (Å²) in [6, 6.07) is 11.4. The minimum absolute atomic E-state index is 0.107. The number of carbonyl (C=O) groups is 2. The molecule has 0 spiro atoms. The van der Waals surface area contributed by atoms with Gasteiger partial charge in [-0.05, 0) is 68.1 Å². The second-order valence-electron chi connectivity index (χ2n) is 6.93. The number of benzene rings is 2. The molecule has 2 N–H and O–H groups in total. The summed E-state index contributed by atoms with van der Waals surface area (Å²) in [6.45, 7) is 5.99. The first kappa shape index (κ1) is 18.0. The van der Waals surface area contributed by atoms with E-state index in [1.54, 1.807) is 7.11 Å². The van der Waals surface area contributed by atoms with Crippen LogP contribution in [-0.2, 0) is 9.59 Å². The number of amides is 2. The van der Waals surface area contributed by atoms with Gasteiger partial charge >= 0.3 is 0 Å². The van der Waals surface area contributed by atoms with Gasteiger partial charge < -0.3 is 15.4 Å². The van der Waals surface area contributed by atoms with Crippen molar-refractivity contribution >= 4 is 23.2 Å². The van der Waals surface area contributed by atoms with E-state index in [2.05, 4.69) is 10.6 Å². The fourth-order valence-corrected chi connectivity index (χ4v) is 2.97. The lowest BCUT2D eigenvalue weighted by molar-refractivity contribution is -0.122. The smallest absolute Gasteiger partial charge is 0.228 e. The van der Waals surface area contributed by atoms with E-state index in [4.69, 9.17) is 4.74 Å². The average Bonchev–Trinajstić information content (AvgIpc) is 3.39. The van der Waals surface area contributed by atoms with E-state index in [0.717, 1.165) is 16.8 Å². The number of aryl methyl sites for hydroxylation is 3. The Hall–Kier alpha value is -2.82. The predicted molar refractivity (Wildman–Crippen MR) is 103 cm³/mol. The zero-order valence-electron chi connectivity index (χ0n) is 15.6. The van der Waals surface area contributed by atoms with Crippen molar-refractivity contribution in [3.8, 4) is 5.75 Å². The van der Waals surface area contributed by atoms with Crippen LogP contribution in [0.1, 0.15) is 23.1 Å². The van der Waals surface area contributed by atoms with Gasteiger partial charge in [-0.1, -0.05) is 12.1 Å². The molecule has 5 nitrogen and oxygen atoms in total. The fourth-order valence-electron chi connectivity index (χ4n) is 2.97. The van der Waals surface area contributed by atoms with Gasteiger partial charge in [0, 0.05) is 5.69 Å². The molecule has 2 aromatic carbocycles. The van der Waals surface area contributed by atoms with E-state index in [1.165, 1.54) is 5.56 Å². The minimum atomic E-state index is -0.299. The maximum Gasteiger partial charge on any atom is 0.228 e. The molecule has 26 heavy (non-hydrogen) atoms. The average molecular weight is 352 g/mol. The highest BCUT2D eigenvalue weighted by Gasteiger charge is 2.48. The van der Waals surface area contributed by atoms with Gasteiger partial charge in [0.1, 0.15) is 5.75 Å². The summed E-state index contributed by atoms with van der Waals surface area (Å²) in [5, 5.41) is 5.79. The van der Waals surface area contributed by atoms with Crippen molar-refractivity contribution < 1.29 is 14.3 Å². The monoisotopic (exact) mass is 352 g/mol. The minimum Gasteiger partial charge on any atom is -0.495 e. The Morgan fingerprint density at radius 1 is 0.923 bits per heavy atom. The van der Waals surface area contributed by atoms with Gasteiger partial charge in [0.25, 0.3) is 0 Å². The molecule has 5 heteroatoms. The largest absolute Gasteiger partial charge is 0.495 e. The molecule has 2 unspecified atom stereocenters. The van der Waals surface area contributed by atoms with Gasteiger partial charge in [-0.2, -0.15) is 0 Å². The molecular weight excluding hydrogens is 328 g/mol. The molecule has 2 atom stereocenters. The molecule has 0 radical (unpaired) electrons. The van der Waals surface area contributed by atoms with Crippen LogP contribution in [0.4, 0.5) is 11.4 Å². The second kappa shape index (κ2) is 7.20. The maximum atomic E-state index is 12.5. The Balaban J connectivity index is 1.61. The lowest BCUT2D eigenvalue weighted by atomic mass is 10.1. The van der Waals surface area contributed by atoms with Gasteiger partial charge in [0.05, 0.1) is 24.6 Å². The second-order valence-corrected chi connectivity index (χ2v) is 6.93. The molecule has 136 valence electrons. The number of carbonyl (C=O) groups excluding carboxylic acids is 2. The first-order valence-corrected chi connectivity index (χ1v) is 8.72. The van der Waals surface area contributed by atoms with E-state index >= 15 is 0 Å². The third-order valence-electron chi connectivity index (χ3n) is 4.85. The Labute approximate surface area is 153 Å². The van der Waals surface area contributed by atoms with Crippen LogP contribution in [0.5, 0.6) is 5.75 Å². The molecule has 3 rings (SSSR count). The molecule has 1 aliphatic rings. The van der Waals surface area contributed by atoms with E-state index in [0.29, 0.717) is 17.9 Å². The van der Waals surface area contributed by atoms with Crippen molar-refractivity contribution in [1.82, 2.24) is 0 Å². The normalized spacial score (nSPS) is 18.2. The lowest BCUT2D eigenvalue weighted by Gasteiger charge is -2.11. The summed E-state index contributed by atoms with van der Waals surface area (Å²) in [6.07, 6.45) is 0.566. The molecule has 1 saturated carbocycles. The third-order valence-corrected chi connectivity index (χ3v) is 4.85. The topological polar surface area (TPSA) is 67.4 Å². The summed E-state index contributed by atoms with van der Waals surface area (Å²) >= 11 is 0. The summed E-state index contributed by atoms with van der Waals surface area (Å²) in [4.78, 5) is 24.9. The SMILES string of the molecule is COc1ccc(C)cc1NC(=O)C1CC1C(=O)Nc1ccc(C)c(C)c1. The quantitative estimate of drug-likeness (QED) is 0.859. The number of nitrogens with one attached hydrogen (secondary N) is 2. The molecule has 0 heterocycles. The van der Waals surface area contributed by atoms with Crippen molar-refractivity contribution in [2.75, 3.05) is 17.7 Å². The van der Waals surface area contributed by atoms with Crippen molar-refractivity contribution in [3.05, 3.63) is 53.1 Å². The number of anilines is 2. The van der Waals surface area contributed by atoms with E-state index in [-0.39, 0.29) is 23.7 Å². The van der Waals surface area contributed by atoms with Gasteiger partial charge in [0.15, 0.2) is 0 Å². The van der Waals surface area contributed by atoms with Gasteiger partial charge in [-0.15, -0.1) is 0 Å². The first-order chi connectivity index (χ1) is 12.4. The van der Waals surface area contributed by atoms with Crippen molar-refractivity contribution in [3.63, 3.8) is 0 Å². The zero-order valence-corrected chi connectivity index (χ0v) is 15.6. The summed E-state index contributed by atoms with van der Waals surface area (Å²) in [7, 11) is 1.57. The van der Waals surface area contributed by atoms with Crippen molar-refractivity contribution in [2.24, 2.45) is 11.8 Å². The van der Waals surface area contributed by atoms with Crippen LogP contribution < -0.4 is 15.4 Å². The Morgan fingerprint density at radius 3 is 2.27 bits per heavy atom. The standard InChI is InChI=1S/C21H24N2O3/c1-12-5-8-19(26-4)18(9-12)23-21(25)17-11-16(17)20(24)22-15-7-6-13(2)14(3)10-15/h5-10,16-17H,11H2,1-4H3,(H,22,24)(H,23,25). The number of hydrogen-bond donors (Lipinski definition) is 2. The summed E-state index contributed by atoms with van der Waals surface area (Å²) in [5.41, 5.74) is 4.74. The highest BCUT2D eigenvalue weighted by Crippen LogP contribution is 2.41. The molecule has 1 aliphatic carbocycles. The predicted octanol–water partition coefficient (Wildman–Crippen LogP) is 3.83. The number of ether oxygens (including phenoxy) is 1. The Kier molecular flexibility index (Phi) is 4.98. The number of rotatable bonds is 5. The molecule has 0 saturated heterocycles. The van der Waals surface area contributed by atoms with Crippen molar-refractivity contribution in [2.45, 2.75) is 27.2 Å². The Bertz CT molecular complexity index is 860. The van der Waals surface area contributed by atoms with Crippen LogP contribution >= 0.6 is 0 Å². The molecular formula is C21H24N2O3. The van der Waals surface area contributed by atoms with Crippen LogP contribution in [0.25, 0.3) is 0 Å². The Morgan fingerprint density at radius 2 is 1.62 bits per heavy atom. The van der Waals surface area contributed by atoms with Crippen LogP contribution in [0.15, 0.2) is 36.4 Å². The maximum absolute atomic E-state index is 12.5. The molecule has 0 bridgehead atoms. The molecule has 0 aliphatic heterocycles. The van der Waals surface area contributed by atoms with Crippen LogP contribution in [-0.4, -0.2) is 18.9 Å². The fraction of sp³-hybridized carbons (Fsp3) is 0.333. The van der Waals surface area contributed by atoms with Crippen molar-refractivity contribution in [1.29, 1.82) is 0 Å². The lowest BCUT2D eigenvalue weighted by Crippen LogP contribution is -2.21. The van der Waals surface area contributed by atoms with E-state index in [9.17, 15) is 9.59 Å². The molecule has 2 aromatic rings.